The molecule has 4 rings (SSSR count). The van der Waals surface area contributed by atoms with E-state index >= 15 is 0 Å². The molecule has 1 aromatic carbocycles. The van der Waals surface area contributed by atoms with Crippen molar-refractivity contribution in [2.45, 2.75) is 31.7 Å². The van der Waals surface area contributed by atoms with E-state index in [4.69, 9.17) is 0 Å². The topological polar surface area (TPSA) is 29.1 Å². The Labute approximate surface area is 143 Å². The van der Waals surface area contributed by atoms with Gasteiger partial charge >= 0.3 is 0 Å². The Morgan fingerprint density at radius 3 is 2.62 bits per heavy atom. The van der Waals surface area contributed by atoms with Gasteiger partial charge in [0.25, 0.3) is 5.91 Å². The monoisotopic (exact) mass is 317 g/mol. The lowest BCUT2D eigenvalue weighted by Gasteiger charge is -2.28. The van der Waals surface area contributed by atoms with E-state index in [0.717, 1.165) is 30.4 Å². The van der Waals surface area contributed by atoms with E-state index in [-0.39, 0.29) is 11.4 Å². The van der Waals surface area contributed by atoms with Crippen molar-refractivity contribution in [3.63, 3.8) is 0 Å². The molecule has 2 atom stereocenters. The van der Waals surface area contributed by atoms with Crippen LogP contribution in [0, 0.1) is 11.8 Å². The number of carbonyl (C=O) groups is 1. The molecular formula is C22H23NO. The summed E-state index contributed by atoms with van der Waals surface area (Å²) < 4.78 is 0. The van der Waals surface area contributed by atoms with E-state index < -0.39 is 0 Å². The molecule has 2 nitrogen and oxygen atoms in total. The lowest BCUT2D eigenvalue weighted by molar-refractivity contribution is 0.0938. The SMILES string of the molecule is CCc1ccccc1C(=O)NC1(C2=CC3C=CC=CC3C=C2)CC1. The molecule has 1 N–H and O–H groups in total. The molecule has 1 aromatic rings. The van der Waals surface area contributed by atoms with Gasteiger partial charge in [-0.05, 0) is 36.5 Å². The van der Waals surface area contributed by atoms with E-state index in [1.165, 1.54) is 5.57 Å². The first-order chi connectivity index (χ1) is 11.7. The third-order valence-corrected chi connectivity index (χ3v) is 5.39. The fourth-order valence-corrected chi connectivity index (χ4v) is 3.74. The normalized spacial score (nSPS) is 25.8. The summed E-state index contributed by atoms with van der Waals surface area (Å²) in [5.74, 6) is 0.943. The van der Waals surface area contributed by atoms with Gasteiger partial charge in [-0.1, -0.05) is 67.7 Å². The van der Waals surface area contributed by atoms with Crippen LogP contribution in [0.4, 0.5) is 0 Å². The molecule has 3 aliphatic carbocycles. The fraction of sp³-hybridized carbons (Fsp3) is 0.318. The largest absolute Gasteiger partial charge is 0.343 e. The molecule has 122 valence electrons. The van der Waals surface area contributed by atoms with Crippen molar-refractivity contribution < 1.29 is 4.79 Å². The number of nitrogens with one attached hydrogen (secondary N) is 1. The molecular weight excluding hydrogens is 294 g/mol. The average molecular weight is 317 g/mol. The van der Waals surface area contributed by atoms with E-state index in [1.807, 2.05) is 24.3 Å². The number of benzene rings is 1. The van der Waals surface area contributed by atoms with Gasteiger partial charge in [0.05, 0.1) is 5.54 Å². The summed E-state index contributed by atoms with van der Waals surface area (Å²) in [6, 6.07) is 7.91. The highest BCUT2D eigenvalue weighted by molar-refractivity contribution is 5.96. The van der Waals surface area contributed by atoms with Crippen molar-refractivity contribution in [2.24, 2.45) is 11.8 Å². The lowest BCUT2D eigenvalue weighted by Crippen LogP contribution is -2.39. The summed E-state index contributed by atoms with van der Waals surface area (Å²) in [6.45, 7) is 2.09. The minimum Gasteiger partial charge on any atom is -0.343 e. The van der Waals surface area contributed by atoms with Crippen molar-refractivity contribution in [1.82, 2.24) is 5.32 Å². The molecule has 24 heavy (non-hydrogen) atoms. The van der Waals surface area contributed by atoms with Gasteiger partial charge in [0.1, 0.15) is 0 Å². The number of amides is 1. The Hall–Kier alpha value is -2.35. The molecule has 1 saturated carbocycles. The summed E-state index contributed by atoms with van der Waals surface area (Å²) in [7, 11) is 0. The smallest absolute Gasteiger partial charge is 0.252 e. The highest BCUT2D eigenvalue weighted by Gasteiger charge is 2.47. The quantitative estimate of drug-likeness (QED) is 0.878. The number of allylic oxidation sites excluding steroid dienone is 6. The summed E-state index contributed by atoms with van der Waals surface area (Å²) >= 11 is 0. The zero-order valence-corrected chi connectivity index (χ0v) is 14.0. The van der Waals surface area contributed by atoms with Gasteiger partial charge in [-0.15, -0.1) is 0 Å². The van der Waals surface area contributed by atoms with Crippen LogP contribution in [0.15, 0.2) is 72.4 Å². The summed E-state index contributed by atoms with van der Waals surface area (Å²) in [4.78, 5) is 12.8. The molecule has 0 aromatic heterocycles. The van der Waals surface area contributed by atoms with E-state index in [1.54, 1.807) is 0 Å². The van der Waals surface area contributed by atoms with E-state index in [9.17, 15) is 4.79 Å². The standard InChI is InChI=1S/C22H23NO/c1-2-16-7-5-6-10-20(16)21(24)23-22(13-14-22)19-12-11-17-8-3-4-9-18(17)15-19/h3-12,15,17-18H,2,13-14H2,1H3,(H,23,24). The van der Waals surface area contributed by atoms with Crippen molar-refractivity contribution >= 4 is 5.91 Å². The summed E-state index contributed by atoms with van der Waals surface area (Å²) in [5.41, 5.74) is 3.03. The molecule has 0 heterocycles. The maximum absolute atomic E-state index is 12.8. The van der Waals surface area contributed by atoms with Gasteiger partial charge in [-0.2, -0.15) is 0 Å². The molecule has 1 fully saturated rings. The minimum atomic E-state index is -0.158. The average Bonchev–Trinajstić information content (AvgIpc) is 3.42. The first kappa shape index (κ1) is 15.2. The van der Waals surface area contributed by atoms with Gasteiger partial charge in [0, 0.05) is 17.4 Å². The third-order valence-electron chi connectivity index (χ3n) is 5.39. The fourth-order valence-electron chi connectivity index (χ4n) is 3.74. The van der Waals surface area contributed by atoms with Crippen molar-refractivity contribution in [3.05, 3.63) is 83.5 Å². The predicted octanol–water partition coefficient (Wildman–Crippen LogP) is 4.37. The predicted molar refractivity (Wildman–Crippen MR) is 97.7 cm³/mol. The third kappa shape index (κ3) is 2.66. The Kier molecular flexibility index (Phi) is 3.76. The van der Waals surface area contributed by atoms with Gasteiger partial charge in [-0.25, -0.2) is 0 Å². The summed E-state index contributed by atoms with van der Waals surface area (Å²) in [6.07, 6.45) is 18.5. The molecule has 0 radical (unpaired) electrons. The Bertz CT molecular complexity index is 777. The molecule has 0 bridgehead atoms. The van der Waals surface area contributed by atoms with Crippen LogP contribution >= 0.6 is 0 Å². The lowest BCUT2D eigenvalue weighted by atomic mass is 9.81. The van der Waals surface area contributed by atoms with Crippen molar-refractivity contribution in [1.29, 1.82) is 0 Å². The molecule has 2 heteroatoms. The first-order valence-electron chi connectivity index (χ1n) is 8.88. The second-order valence-corrected chi connectivity index (χ2v) is 6.95. The Balaban J connectivity index is 1.55. The van der Waals surface area contributed by atoms with Crippen LogP contribution in [-0.2, 0) is 6.42 Å². The van der Waals surface area contributed by atoms with Crippen LogP contribution < -0.4 is 5.32 Å². The zero-order valence-electron chi connectivity index (χ0n) is 14.0. The van der Waals surface area contributed by atoms with Gasteiger partial charge in [0.2, 0.25) is 0 Å². The molecule has 3 aliphatic rings. The first-order valence-corrected chi connectivity index (χ1v) is 8.88. The number of hydrogen-bond acceptors (Lipinski definition) is 1. The second-order valence-electron chi connectivity index (χ2n) is 6.95. The van der Waals surface area contributed by atoms with Crippen LogP contribution in [0.25, 0.3) is 0 Å². The van der Waals surface area contributed by atoms with Gasteiger partial charge in [0.15, 0.2) is 0 Å². The molecule has 0 spiro atoms. The molecule has 0 saturated heterocycles. The maximum atomic E-state index is 12.8. The van der Waals surface area contributed by atoms with Crippen molar-refractivity contribution in [2.75, 3.05) is 0 Å². The van der Waals surface area contributed by atoms with Crippen LogP contribution in [0.3, 0.4) is 0 Å². The highest BCUT2D eigenvalue weighted by Crippen LogP contribution is 2.46. The van der Waals surface area contributed by atoms with Crippen LogP contribution in [0.5, 0.6) is 0 Å². The molecule has 2 unspecified atom stereocenters. The van der Waals surface area contributed by atoms with Crippen molar-refractivity contribution in [3.8, 4) is 0 Å². The molecule has 0 aliphatic heterocycles. The zero-order chi connectivity index (χ0) is 16.6. The highest BCUT2D eigenvalue weighted by atomic mass is 16.1. The van der Waals surface area contributed by atoms with Gasteiger partial charge < -0.3 is 5.32 Å². The summed E-state index contributed by atoms with van der Waals surface area (Å²) in [5, 5.41) is 3.32. The number of aryl methyl sites for hydroxylation is 1. The van der Waals surface area contributed by atoms with E-state index in [2.05, 4.69) is 54.8 Å². The van der Waals surface area contributed by atoms with Crippen LogP contribution in [0.2, 0.25) is 0 Å². The Morgan fingerprint density at radius 1 is 1.12 bits per heavy atom. The molecule has 1 amide bonds. The van der Waals surface area contributed by atoms with E-state index in [0.29, 0.717) is 11.8 Å². The van der Waals surface area contributed by atoms with Crippen LogP contribution in [0.1, 0.15) is 35.7 Å². The minimum absolute atomic E-state index is 0.0560. The van der Waals surface area contributed by atoms with Crippen LogP contribution in [-0.4, -0.2) is 11.4 Å². The number of rotatable bonds is 4. The maximum Gasteiger partial charge on any atom is 0.252 e. The van der Waals surface area contributed by atoms with Gasteiger partial charge in [-0.3, -0.25) is 4.79 Å². The number of hydrogen-bond donors (Lipinski definition) is 1. The number of fused-ring (bicyclic) bond motifs is 1. The second kappa shape index (κ2) is 5.94. The Morgan fingerprint density at radius 2 is 1.88 bits per heavy atom. The number of carbonyl (C=O) groups excluding carboxylic acids is 1.